The lowest BCUT2D eigenvalue weighted by Crippen LogP contribution is -2.41. The molecule has 0 spiro atoms. The summed E-state index contributed by atoms with van der Waals surface area (Å²) in [4.78, 5) is 12.4. The minimum atomic E-state index is -4.03. The second-order valence-corrected chi connectivity index (χ2v) is 9.19. The summed E-state index contributed by atoms with van der Waals surface area (Å²) in [6.45, 7) is 0.859. The first-order chi connectivity index (χ1) is 14.0. The first kappa shape index (κ1) is 20.0. The predicted octanol–water partition coefficient (Wildman–Crippen LogP) is 2.65. The van der Waals surface area contributed by atoms with E-state index in [9.17, 15) is 17.6 Å². The molecule has 29 heavy (non-hydrogen) atoms. The fourth-order valence-corrected chi connectivity index (χ4v) is 5.41. The van der Waals surface area contributed by atoms with Gasteiger partial charge in [-0.05, 0) is 48.6 Å². The molecule has 2 aromatic carbocycles. The number of rotatable bonds is 4. The summed E-state index contributed by atoms with van der Waals surface area (Å²) >= 11 is 0. The van der Waals surface area contributed by atoms with E-state index < -0.39 is 26.6 Å². The lowest BCUT2D eigenvalue weighted by molar-refractivity contribution is 0.0729. The van der Waals surface area contributed by atoms with Gasteiger partial charge in [0, 0.05) is 18.7 Å². The molecular weight excluding hydrogens is 395 g/mol. The maximum atomic E-state index is 14.4. The van der Waals surface area contributed by atoms with Gasteiger partial charge in [-0.3, -0.25) is 4.79 Å². The van der Waals surface area contributed by atoms with Gasteiger partial charge in [-0.2, -0.15) is 4.31 Å². The number of ether oxygens (including phenoxy) is 1. The molecule has 1 amide bonds. The van der Waals surface area contributed by atoms with Gasteiger partial charge in [0.05, 0.1) is 19.3 Å². The average molecular weight is 418 g/mol. The van der Waals surface area contributed by atoms with Crippen LogP contribution in [0.3, 0.4) is 0 Å². The molecule has 2 aromatic rings. The molecule has 4 rings (SSSR count). The molecule has 154 valence electrons. The van der Waals surface area contributed by atoms with Crippen LogP contribution in [0.25, 0.3) is 0 Å². The molecule has 1 fully saturated rings. The Morgan fingerprint density at radius 1 is 1.14 bits per heavy atom. The zero-order valence-electron chi connectivity index (χ0n) is 15.9. The van der Waals surface area contributed by atoms with E-state index in [4.69, 9.17) is 4.74 Å². The van der Waals surface area contributed by atoms with E-state index >= 15 is 0 Å². The fourth-order valence-electron chi connectivity index (χ4n) is 3.91. The van der Waals surface area contributed by atoms with Gasteiger partial charge in [0.15, 0.2) is 0 Å². The molecular formula is C21H23FN2O4S. The Morgan fingerprint density at radius 3 is 2.69 bits per heavy atom. The highest BCUT2D eigenvalue weighted by Crippen LogP contribution is 2.30. The van der Waals surface area contributed by atoms with Crippen molar-refractivity contribution in [1.29, 1.82) is 0 Å². The molecule has 0 radical (unpaired) electrons. The number of carbonyl (C=O) groups is 1. The Balaban J connectivity index is 1.58. The largest absolute Gasteiger partial charge is 0.379 e. The highest BCUT2D eigenvalue weighted by molar-refractivity contribution is 7.89. The van der Waals surface area contributed by atoms with Crippen molar-refractivity contribution >= 4 is 15.9 Å². The van der Waals surface area contributed by atoms with E-state index in [1.54, 1.807) is 0 Å². The normalized spacial score (nSPS) is 20.1. The number of benzene rings is 2. The maximum Gasteiger partial charge on any atom is 0.251 e. The van der Waals surface area contributed by atoms with Crippen LogP contribution in [0.15, 0.2) is 47.4 Å². The SMILES string of the molecule is O=C(N[C@H]1CCCc2ccccc21)c1ccc(F)c(S(=O)(=O)N2CCOCC2)c1. The van der Waals surface area contributed by atoms with E-state index in [1.165, 1.54) is 15.9 Å². The van der Waals surface area contributed by atoms with E-state index in [0.29, 0.717) is 0 Å². The lowest BCUT2D eigenvalue weighted by atomic mass is 9.87. The van der Waals surface area contributed by atoms with E-state index in [-0.39, 0.29) is 37.9 Å². The maximum absolute atomic E-state index is 14.4. The number of sulfonamides is 1. The van der Waals surface area contributed by atoms with Crippen LogP contribution in [0.1, 0.15) is 40.4 Å². The number of hydrogen-bond acceptors (Lipinski definition) is 4. The van der Waals surface area contributed by atoms with E-state index in [2.05, 4.69) is 11.4 Å². The van der Waals surface area contributed by atoms with Crippen molar-refractivity contribution in [2.24, 2.45) is 0 Å². The van der Waals surface area contributed by atoms with Crippen LogP contribution in [-0.2, 0) is 21.2 Å². The number of carbonyl (C=O) groups excluding carboxylic acids is 1. The molecule has 1 N–H and O–H groups in total. The molecule has 1 saturated heterocycles. The number of aryl methyl sites for hydroxylation is 1. The molecule has 1 heterocycles. The van der Waals surface area contributed by atoms with Crippen molar-refractivity contribution in [1.82, 2.24) is 9.62 Å². The molecule has 0 saturated carbocycles. The molecule has 1 aliphatic heterocycles. The third kappa shape index (κ3) is 4.05. The van der Waals surface area contributed by atoms with Gasteiger partial charge in [-0.15, -0.1) is 0 Å². The predicted molar refractivity (Wildman–Crippen MR) is 106 cm³/mol. The van der Waals surface area contributed by atoms with Gasteiger partial charge >= 0.3 is 0 Å². The van der Waals surface area contributed by atoms with Crippen molar-refractivity contribution < 1.29 is 22.3 Å². The van der Waals surface area contributed by atoms with Gasteiger partial charge in [0.2, 0.25) is 10.0 Å². The van der Waals surface area contributed by atoms with Crippen molar-refractivity contribution in [3.63, 3.8) is 0 Å². The van der Waals surface area contributed by atoms with Crippen molar-refractivity contribution in [3.8, 4) is 0 Å². The summed E-state index contributed by atoms with van der Waals surface area (Å²) in [5.41, 5.74) is 2.41. The molecule has 0 aromatic heterocycles. The Hall–Kier alpha value is -2.29. The molecule has 2 aliphatic rings. The van der Waals surface area contributed by atoms with Crippen molar-refractivity contribution in [2.75, 3.05) is 26.3 Å². The van der Waals surface area contributed by atoms with Gasteiger partial charge in [0.25, 0.3) is 5.91 Å². The highest BCUT2D eigenvalue weighted by atomic mass is 32.2. The van der Waals surface area contributed by atoms with Crippen LogP contribution in [0.5, 0.6) is 0 Å². The number of amides is 1. The minimum Gasteiger partial charge on any atom is -0.379 e. The Labute approximate surface area is 169 Å². The summed E-state index contributed by atoms with van der Waals surface area (Å²) in [6.07, 6.45) is 2.74. The van der Waals surface area contributed by atoms with Gasteiger partial charge in [0.1, 0.15) is 10.7 Å². The average Bonchev–Trinajstić information content (AvgIpc) is 2.75. The second kappa shape index (κ2) is 8.22. The number of nitrogens with one attached hydrogen (secondary N) is 1. The Kier molecular flexibility index (Phi) is 5.67. The summed E-state index contributed by atoms with van der Waals surface area (Å²) in [5.74, 6) is -1.28. The van der Waals surface area contributed by atoms with Crippen LogP contribution >= 0.6 is 0 Å². The monoisotopic (exact) mass is 418 g/mol. The molecule has 0 unspecified atom stereocenters. The van der Waals surface area contributed by atoms with Gasteiger partial charge in [-0.1, -0.05) is 24.3 Å². The smallest absolute Gasteiger partial charge is 0.251 e. The zero-order valence-corrected chi connectivity index (χ0v) is 16.8. The van der Waals surface area contributed by atoms with Crippen molar-refractivity contribution in [3.05, 3.63) is 65.0 Å². The molecule has 8 heteroatoms. The first-order valence-electron chi connectivity index (χ1n) is 9.73. The molecule has 0 bridgehead atoms. The third-order valence-electron chi connectivity index (χ3n) is 5.46. The molecule has 1 atom stereocenters. The van der Waals surface area contributed by atoms with Crippen LogP contribution < -0.4 is 5.32 Å². The van der Waals surface area contributed by atoms with Crippen LogP contribution in [0, 0.1) is 5.82 Å². The summed E-state index contributed by atoms with van der Waals surface area (Å²) in [7, 11) is -4.03. The molecule has 1 aliphatic carbocycles. The number of fused-ring (bicyclic) bond motifs is 1. The first-order valence-corrected chi connectivity index (χ1v) is 11.2. The number of nitrogens with zero attached hydrogens (tertiary/aromatic N) is 1. The quantitative estimate of drug-likeness (QED) is 0.828. The number of morpholine rings is 1. The van der Waals surface area contributed by atoms with Crippen LogP contribution in [0.2, 0.25) is 0 Å². The minimum absolute atomic E-state index is 0.126. The summed E-state index contributed by atoms with van der Waals surface area (Å²) in [5, 5.41) is 2.98. The van der Waals surface area contributed by atoms with Gasteiger partial charge in [-0.25, -0.2) is 12.8 Å². The van der Waals surface area contributed by atoms with E-state index in [1.807, 2.05) is 18.2 Å². The number of halogens is 1. The lowest BCUT2D eigenvalue weighted by Gasteiger charge is -2.27. The number of hydrogen-bond donors (Lipinski definition) is 1. The Morgan fingerprint density at radius 2 is 1.90 bits per heavy atom. The second-order valence-electron chi connectivity index (χ2n) is 7.28. The topological polar surface area (TPSA) is 75.7 Å². The van der Waals surface area contributed by atoms with Crippen LogP contribution in [-0.4, -0.2) is 44.9 Å². The summed E-state index contributed by atoms with van der Waals surface area (Å²) in [6, 6.07) is 11.3. The fraction of sp³-hybridized carbons (Fsp3) is 0.381. The standard InChI is InChI=1S/C21H23FN2O4S/c22-18-9-8-16(14-20(18)29(26,27)24-10-12-28-13-11-24)21(25)23-19-7-3-5-15-4-1-2-6-17(15)19/h1-2,4,6,8-9,14,19H,3,5,7,10-13H2,(H,23,25)/t19-/m0/s1. The highest BCUT2D eigenvalue weighted by Gasteiger charge is 2.30. The van der Waals surface area contributed by atoms with Crippen LogP contribution in [0.4, 0.5) is 4.39 Å². The molecule has 6 nitrogen and oxygen atoms in total. The summed E-state index contributed by atoms with van der Waals surface area (Å²) < 4.78 is 46.4. The van der Waals surface area contributed by atoms with E-state index in [0.717, 1.165) is 37.0 Å². The van der Waals surface area contributed by atoms with Crippen molar-refractivity contribution in [2.45, 2.75) is 30.2 Å². The van der Waals surface area contributed by atoms with Gasteiger partial charge < -0.3 is 10.1 Å². The third-order valence-corrected chi connectivity index (χ3v) is 7.37. The zero-order chi connectivity index (χ0) is 20.4. The Bertz CT molecular complexity index is 1020.